The highest BCUT2D eigenvalue weighted by Gasteiger charge is 2.31. The van der Waals surface area contributed by atoms with Crippen LogP contribution >= 0.6 is 0 Å². The van der Waals surface area contributed by atoms with E-state index < -0.39 is 0 Å². The Morgan fingerprint density at radius 2 is 1.63 bits per heavy atom. The summed E-state index contributed by atoms with van der Waals surface area (Å²) in [6.45, 7) is 11.7. The fourth-order valence-corrected chi connectivity index (χ4v) is 5.69. The molecular formula is C35H46FN3O2. The van der Waals surface area contributed by atoms with Crippen LogP contribution in [-0.2, 0) is 23.3 Å². The third kappa shape index (κ3) is 7.87. The summed E-state index contributed by atoms with van der Waals surface area (Å²) in [7, 11) is 0. The smallest absolute Gasteiger partial charge is 0.254 e. The van der Waals surface area contributed by atoms with Crippen molar-refractivity contribution in [1.82, 2.24) is 14.4 Å². The maximum absolute atomic E-state index is 14.1. The third-order valence-electron chi connectivity index (χ3n) is 8.55. The maximum Gasteiger partial charge on any atom is 0.254 e. The van der Waals surface area contributed by atoms with Gasteiger partial charge in [-0.05, 0) is 79.1 Å². The highest BCUT2D eigenvalue weighted by Crippen LogP contribution is 2.26. The monoisotopic (exact) mass is 559 g/mol. The van der Waals surface area contributed by atoms with Crippen molar-refractivity contribution in [3.05, 3.63) is 95.1 Å². The lowest BCUT2D eigenvalue weighted by molar-refractivity contribution is -0.136. The van der Waals surface area contributed by atoms with Gasteiger partial charge in [-0.15, -0.1) is 0 Å². The van der Waals surface area contributed by atoms with Crippen LogP contribution in [-0.4, -0.2) is 44.8 Å². The molecule has 1 aliphatic carbocycles. The van der Waals surface area contributed by atoms with Gasteiger partial charge in [0.15, 0.2) is 0 Å². The van der Waals surface area contributed by atoms with Gasteiger partial charge < -0.3 is 14.4 Å². The number of hydrogen-bond donors (Lipinski definition) is 0. The molecule has 41 heavy (non-hydrogen) atoms. The fraction of sp³-hybridized carbons (Fsp3) is 0.486. The molecule has 5 nitrogen and oxygen atoms in total. The average Bonchev–Trinajstić information content (AvgIpc) is 3.41. The summed E-state index contributed by atoms with van der Waals surface area (Å²) >= 11 is 0. The lowest BCUT2D eigenvalue weighted by Crippen LogP contribution is -2.49. The fourth-order valence-electron chi connectivity index (χ4n) is 5.69. The lowest BCUT2D eigenvalue weighted by Gasteiger charge is -2.37. The molecule has 0 aliphatic heterocycles. The van der Waals surface area contributed by atoms with Gasteiger partial charge in [0.1, 0.15) is 12.4 Å². The van der Waals surface area contributed by atoms with Gasteiger partial charge in [0, 0.05) is 36.1 Å². The standard InChI is InChI=1S/C35H46FN3O2/c1-6-26(2)38(34(41)28-16-18-29(19-17-28)35(3,4)5)25-33(40)39(31-11-8-7-9-12-31)24-32-13-10-22-37(32)23-27-14-20-30(36)21-15-27/h10,13-22,26,31H,6-9,11-12,23-25H2,1-5H3. The van der Waals surface area contributed by atoms with E-state index in [9.17, 15) is 14.0 Å². The first-order valence-corrected chi connectivity index (χ1v) is 15.2. The van der Waals surface area contributed by atoms with Crippen LogP contribution < -0.4 is 0 Å². The molecule has 1 aliphatic rings. The minimum Gasteiger partial charge on any atom is -0.345 e. The second-order valence-corrected chi connectivity index (χ2v) is 12.6. The second kappa shape index (κ2) is 13.5. The van der Waals surface area contributed by atoms with E-state index in [0.717, 1.165) is 43.4 Å². The molecule has 3 aromatic rings. The number of benzene rings is 2. The van der Waals surface area contributed by atoms with E-state index in [4.69, 9.17) is 0 Å². The number of amides is 2. The summed E-state index contributed by atoms with van der Waals surface area (Å²) in [4.78, 5) is 31.6. The Morgan fingerprint density at radius 1 is 0.976 bits per heavy atom. The van der Waals surface area contributed by atoms with E-state index in [2.05, 4.69) is 38.3 Å². The van der Waals surface area contributed by atoms with Crippen molar-refractivity contribution >= 4 is 11.8 Å². The summed E-state index contributed by atoms with van der Waals surface area (Å²) in [5, 5.41) is 0. The number of aromatic nitrogens is 1. The Balaban J connectivity index is 1.56. The van der Waals surface area contributed by atoms with Gasteiger partial charge in [0.05, 0.1) is 6.54 Å². The van der Waals surface area contributed by atoms with Crippen molar-refractivity contribution in [3.63, 3.8) is 0 Å². The highest BCUT2D eigenvalue weighted by molar-refractivity contribution is 5.96. The van der Waals surface area contributed by atoms with Gasteiger partial charge in [-0.2, -0.15) is 0 Å². The van der Waals surface area contributed by atoms with E-state index in [-0.39, 0.29) is 41.7 Å². The molecule has 0 bridgehead atoms. The van der Waals surface area contributed by atoms with Crippen LogP contribution in [0.25, 0.3) is 0 Å². The van der Waals surface area contributed by atoms with Crippen LogP contribution in [0.5, 0.6) is 0 Å². The van der Waals surface area contributed by atoms with Gasteiger partial charge in [-0.1, -0.05) is 71.2 Å². The Bertz CT molecular complexity index is 1280. The quantitative estimate of drug-likeness (QED) is 0.257. The Hall–Kier alpha value is -3.41. The number of hydrogen-bond acceptors (Lipinski definition) is 2. The van der Waals surface area contributed by atoms with Crippen LogP contribution in [0.4, 0.5) is 4.39 Å². The first-order chi connectivity index (χ1) is 19.6. The molecule has 0 saturated heterocycles. The molecule has 0 radical (unpaired) electrons. The van der Waals surface area contributed by atoms with Crippen LogP contribution in [0, 0.1) is 5.82 Å². The van der Waals surface area contributed by atoms with Crippen LogP contribution in [0.1, 0.15) is 100 Å². The molecule has 6 heteroatoms. The normalized spacial score (nSPS) is 15.0. The van der Waals surface area contributed by atoms with Crippen molar-refractivity contribution in [3.8, 4) is 0 Å². The highest BCUT2D eigenvalue weighted by atomic mass is 19.1. The van der Waals surface area contributed by atoms with E-state index in [1.165, 1.54) is 24.1 Å². The third-order valence-corrected chi connectivity index (χ3v) is 8.55. The molecular weight excluding hydrogens is 513 g/mol. The zero-order valence-corrected chi connectivity index (χ0v) is 25.4. The van der Waals surface area contributed by atoms with Crippen molar-refractivity contribution < 1.29 is 14.0 Å². The predicted molar refractivity (Wildman–Crippen MR) is 163 cm³/mol. The number of nitrogens with zero attached hydrogens (tertiary/aromatic N) is 3. The summed E-state index contributed by atoms with van der Waals surface area (Å²) in [6, 6.07) is 18.5. The molecule has 0 spiro atoms. The SMILES string of the molecule is CCC(C)N(CC(=O)N(Cc1cccn1Cc1ccc(F)cc1)C1CCCCC1)C(=O)c1ccc(C(C)(C)C)cc1. The average molecular weight is 560 g/mol. The molecule has 2 aromatic carbocycles. The van der Waals surface area contributed by atoms with Crippen molar-refractivity contribution in [2.24, 2.45) is 0 Å². The molecule has 220 valence electrons. The molecule has 1 atom stereocenters. The molecule has 4 rings (SSSR count). The largest absolute Gasteiger partial charge is 0.345 e. The maximum atomic E-state index is 14.1. The van der Waals surface area contributed by atoms with Gasteiger partial charge in [0.2, 0.25) is 5.91 Å². The van der Waals surface area contributed by atoms with Crippen LogP contribution in [0.3, 0.4) is 0 Å². The molecule has 1 unspecified atom stereocenters. The lowest BCUT2D eigenvalue weighted by atomic mass is 9.86. The minimum absolute atomic E-state index is 0.00278. The first-order valence-electron chi connectivity index (χ1n) is 15.2. The van der Waals surface area contributed by atoms with Gasteiger partial charge in [-0.25, -0.2) is 4.39 Å². The second-order valence-electron chi connectivity index (χ2n) is 12.6. The van der Waals surface area contributed by atoms with Crippen molar-refractivity contribution in [2.75, 3.05) is 6.54 Å². The summed E-state index contributed by atoms with van der Waals surface area (Å²) in [5.74, 6) is -0.357. The van der Waals surface area contributed by atoms with Crippen molar-refractivity contribution in [2.45, 2.75) is 104 Å². The molecule has 1 heterocycles. The Morgan fingerprint density at radius 3 is 2.24 bits per heavy atom. The van der Waals surface area contributed by atoms with E-state index in [1.54, 1.807) is 17.0 Å². The molecule has 1 aromatic heterocycles. The zero-order chi connectivity index (χ0) is 29.6. The molecule has 1 saturated carbocycles. The summed E-state index contributed by atoms with van der Waals surface area (Å²) in [6.07, 6.45) is 8.16. The van der Waals surface area contributed by atoms with E-state index in [1.807, 2.05) is 48.4 Å². The summed E-state index contributed by atoms with van der Waals surface area (Å²) < 4.78 is 15.6. The number of rotatable bonds is 10. The minimum atomic E-state index is -0.249. The molecule has 2 amide bonds. The van der Waals surface area contributed by atoms with E-state index >= 15 is 0 Å². The van der Waals surface area contributed by atoms with Crippen molar-refractivity contribution in [1.29, 1.82) is 0 Å². The zero-order valence-electron chi connectivity index (χ0n) is 25.4. The summed E-state index contributed by atoms with van der Waals surface area (Å²) in [5.41, 5.74) is 3.83. The van der Waals surface area contributed by atoms with Crippen LogP contribution in [0.2, 0.25) is 0 Å². The number of carbonyl (C=O) groups excluding carboxylic acids is 2. The van der Waals surface area contributed by atoms with Gasteiger partial charge in [-0.3, -0.25) is 9.59 Å². The van der Waals surface area contributed by atoms with Gasteiger partial charge in [0.25, 0.3) is 5.91 Å². The Kier molecular flexibility index (Phi) is 10.1. The Labute approximate surface area is 245 Å². The van der Waals surface area contributed by atoms with Crippen LogP contribution in [0.15, 0.2) is 66.9 Å². The first kappa shape index (κ1) is 30.5. The molecule has 1 fully saturated rings. The topological polar surface area (TPSA) is 45.6 Å². The molecule has 0 N–H and O–H groups in total. The number of carbonyl (C=O) groups is 2. The number of halogens is 1. The predicted octanol–water partition coefficient (Wildman–Crippen LogP) is 7.58. The van der Waals surface area contributed by atoms with E-state index in [0.29, 0.717) is 18.7 Å². The van der Waals surface area contributed by atoms with Gasteiger partial charge >= 0.3 is 0 Å².